The molecule has 0 aliphatic rings. The van der Waals surface area contributed by atoms with Gasteiger partial charge in [-0.1, -0.05) is 32.9 Å². The number of benzene rings is 1. The standard InChI is InChI=1S/C23H29N3O2/c1-7-9-27-21-15(5)10-18(12-17(21)8-2)22-25-23(28-26-22)19-11-16(6)24-20(13-19)14(3)4/h10-14H,7-9H2,1-6H3. The van der Waals surface area contributed by atoms with Gasteiger partial charge in [0.1, 0.15) is 5.75 Å². The number of aromatic nitrogens is 3. The van der Waals surface area contributed by atoms with Gasteiger partial charge in [-0.3, -0.25) is 4.98 Å². The summed E-state index contributed by atoms with van der Waals surface area (Å²) in [5, 5.41) is 4.23. The Morgan fingerprint density at radius 1 is 1.00 bits per heavy atom. The summed E-state index contributed by atoms with van der Waals surface area (Å²) in [7, 11) is 0. The summed E-state index contributed by atoms with van der Waals surface area (Å²) in [6.45, 7) is 13.3. The minimum absolute atomic E-state index is 0.339. The normalized spacial score (nSPS) is 11.2. The summed E-state index contributed by atoms with van der Waals surface area (Å²) in [6.07, 6.45) is 1.88. The third-order valence-corrected chi connectivity index (χ3v) is 4.68. The molecule has 1 aromatic carbocycles. The van der Waals surface area contributed by atoms with Crippen molar-refractivity contribution >= 4 is 0 Å². The lowest BCUT2D eigenvalue weighted by molar-refractivity contribution is 0.312. The molecular weight excluding hydrogens is 350 g/mol. The van der Waals surface area contributed by atoms with E-state index in [4.69, 9.17) is 9.26 Å². The molecule has 28 heavy (non-hydrogen) atoms. The largest absolute Gasteiger partial charge is 0.493 e. The van der Waals surface area contributed by atoms with Gasteiger partial charge in [0.25, 0.3) is 5.89 Å². The zero-order valence-electron chi connectivity index (χ0n) is 17.7. The highest BCUT2D eigenvalue weighted by Gasteiger charge is 2.16. The Balaban J connectivity index is 1.97. The van der Waals surface area contributed by atoms with Gasteiger partial charge >= 0.3 is 0 Å². The fraction of sp³-hybridized carbons (Fsp3) is 0.435. The number of hydrogen-bond donors (Lipinski definition) is 0. The molecule has 3 rings (SSSR count). The fourth-order valence-electron chi connectivity index (χ4n) is 3.22. The number of rotatable bonds is 7. The smallest absolute Gasteiger partial charge is 0.258 e. The van der Waals surface area contributed by atoms with Gasteiger partial charge in [-0.05, 0) is 68.0 Å². The van der Waals surface area contributed by atoms with Crippen LogP contribution in [0, 0.1) is 13.8 Å². The topological polar surface area (TPSA) is 61.0 Å². The molecule has 2 aromatic heterocycles. The van der Waals surface area contributed by atoms with Crippen molar-refractivity contribution in [1.29, 1.82) is 0 Å². The molecule has 0 atom stereocenters. The van der Waals surface area contributed by atoms with Gasteiger partial charge in [-0.25, -0.2) is 0 Å². The third-order valence-electron chi connectivity index (χ3n) is 4.68. The number of nitrogens with zero attached hydrogens (tertiary/aromatic N) is 3. The first kappa shape index (κ1) is 20.1. The summed E-state index contributed by atoms with van der Waals surface area (Å²) < 4.78 is 11.5. The van der Waals surface area contributed by atoms with E-state index in [0.717, 1.165) is 58.8 Å². The molecule has 0 aliphatic heterocycles. The molecule has 5 heteroatoms. The van der Waals surface area contributed by atoms with Crippen LogP contribution in [0.3, 0.4) is 0 Å². The van der Waals surface area contributed by atoms with Crippen molar-refractivity contribution in [2.45, 2.75) is 60.3 Å². The first-order valence-electron chi connectivity index (χ1n) is 10.0. The Morgan fingerprint density at radius 3 is 2.46 bits per heavy atom. The highest BCUT2D eigenvalue weighted by Crippen LogP contribution is 2.31. The average Bonchev–Trinajstić information content (AvgIpc) is 3.16. The second-order valence-electron chi connectivity index (χ2n) is 7.48. The molecule has 0 bridgehead atoms. The van der Waals surface area contributed by atoms with E-state index in [1.165, 1.54) is 0 Å². The van der Waals surface area contributed by atoms with Crippen LogP contribution >= 0.6 is 0 Å². The first-order chi connectivity index (χ1) is 13.4. The Kier molecular flexibility index (Phi) is 6.12. The van der Waals surface area contributed by atoms with E-state index in [0.29, 0.717) is 17.6 Å². The molecular formula is C23H29N3O2. The van der Waals surface area contributed by atoms with Gasteiger partial charge in [-0.15, -0.1) is 0 Å². The molecule has 0 N–H and O–H groups in total. The Bertz CT molecular complexity index is 960. The summed E-state index contributed by atoms with van der Waals surface area (Å²) in [5.41, 5.74) is 6.08. The Hall–Kier alpha value is -2.69. The van der Waals surface area contributed by atoms with Gasteiger partial charge in [0.05, 0.1) is 6.61 Å². The van der Waals surface area contributed by atoms with Crippen molar-refractivity contribution in [3.05, 3.63) is 46.8 Å². The van der Waals surface area contributed by atoms with Crippen molar-refractivity contribution in [2.24, 2.45) is 0 Å². The lowest BCUT2D eigenvalue weighted by atomic mass is 10.0. The predicted molar refractivity (Wildman–Crippen MR) is 112 cm³/mol. The van der Waals surface area contributed by atoms with Gasteiger partial charge < -0.3 is 9.26 Å². The monoisotopic (exact) mass is 379 g/mol. The molecule has 0 saturated carbocycles. The summed E-state index contributed by atoms with van der Waals surface area (Å²) >= 11 is 0. The Morgan fingerprint density at radius 2 is 1.79 bits per heavy atom. The third kappa shape index (κ3) is 4.24. The zero-order chi connectivity index (χ0) is 20.3. The minimum Gasteiger partial charge on any atom is -0.493 e. The van der Waals surface area contributed by atoms with Crippen LogP contribution in [0.2, 0.25) is 0 Å². The van der Waals surface area contributed by atoms with Crippen molar-refractivity contribution in [3.8, 4) is 28.6 Å². The van der Waals surface area contributed by atoms with Crippen LogP contribution in [0.5, 0.6) is 5.75 Å². The van der Waals surface area contributed by atoms with E-state index < -0.39 is 0 Å². The molecule has 0 aliphatic carbocycles. The second-order valence-corrected chi connectivity index (χ2v) is 7.48. The molecule has 0 amide bonds. The summed E-state index contributed by atoms with van der Waals surface area (Å²) in [5.74, 6) is 2.43. The maximum absolute atomic E-state index is 5.95. The van der Waals surface area contributed by atoms with E-state index in [9.17, 15) is 0 Å². The lowest BCUT2D eigenvalue weighted by Gasteiger charge is -2.14. The van der Waals surface area contributed by atoms with Crippen LogP contribution in [0.25, 0.3) is 22.8 Å². The van der Waals surface area contributed by atoms with Crippen LogP contribution < -0.4 is 4.74 Å². The molecule has 2 heterocycles. The van der Waals surface area contributed by atoms with Crippen LogP contribution in [-0.2, 0) is 6.42 Å². The molecule has 0 spiro atoms. The fourth-order valence-corrected chi connectivity index (χ4v) is 3.22. The lowest BCUT2D eigenvalue weighted by Crippen LogP contribution is -2.01. The summed E-state index contributed by atoms with van der Waals surface area (Å²) in [4.78, 5) is 9.24. The quantitative estimate of drug-likeness (QED) is 0.512. The van der Waals surface area contributed by atoms with Gasteiger partial charge in [0, 0.05) is 22.5 Å². The van der Waals surface area contributed by atoms with E-state index in [1.54, 1.807) is 0 Å². The van der Waals surface area contributed by atoms with Gasteiger partial charge in [0.2, 0.25) is 5.82 Å². The van der Waals surface area contributed by atoms with Crippen molar-refractivity contribution in [3.63, 3.8) is 0 Å². The van der Waals surface area contributed by atoms with Crippen molar-refractivity contribution < 1.29 is 9.26 Å². The van der Waals surface area contributed by atoms with Crippen LogP contribution in [0.15, 0.2) is 28.8 Å². The molecule has 3 aromatic rings. The number of ether oxygens (including phenoxy) is 1. The first-order valence-corrected chi connectivity index (χ1v) is 10.0. The average molecular weight is 380 g/mol. The Labute approximate surface area is 167 Å². The van der Waals surface area contributed by atoms with Crippen LogP contribution in [-0.4, -0.2) is 21.7 Å². The van der Waals surface area contributed by atoms with Crippen LogP contribution in [0.4, 0.5) is 0 Å². The molecule has 0 unspecified atom stereocenters. The summed E-state index contributed by atoms with van der Waals surface area (Å²) in [6, 6.07) is 8.17. The van der Waals surface area contributed by atoms with E-state index in [1.807, 2.05) is 19.1 Å². The predicted octanol–water partition coefficient (Wildman–Crippen LogP) is 5.89. The highest BCUT2D eigenvalue weighted by atomic mass is 16.5. The maximum atomic E-state index is 5.95. The van der Waals surface area contributed by atoms with Crippen molar-refractivity contribution in [2.75, 3.05) is 6.61 Å². The van der Waals surface area contributed by atoms with E-state index >= 15 is 0 Å². The van der Waals surface area contributed by atoms with Crippen molar-refractivity contribution in [1.82, 2.24) is 15.1 Å². The second kappa shape index (κ2) is 8.55. The van der Waals surface area contributed by atoms with Crippen LogP contribution in [0.1, 0.15) is 62.5 Å². The minimum atomic E-state index is 0.339. The molecule has 5 nitrogen and oxygen atoms in total. The highest BCUT2D eigenvalue weighted by molar-refractivity contribution is 5.64. The number of aryl methyl sites for hydroxylation is 3. The SMILES string of the molecule is CCCOc1c(C)cc(-c2noc(-c3cc(C)nc(C(C)C)c3)n2)cc1CC. The number of pyridine rings is 1. The van der Waals surface area contributed by atoms with Gasteiger partial charge in [-0.2, -0.15) is 4.98 Å². The molecule has 0 radical (unpaired) electrons. The molecule has 0 fully saturated rings. The zero-order valence-corrected chi connectivity index (χ0v) is 17.7. The van der Waals surface area contributed by atoms with Gasteiger partial charge in [0.15, 0.2) is 0 Å². The van der Waals surface area contributed by atoms with E-state index in [2.05, 4.69) is 61.9 Å². The number of hydrogen-bond acceptors (Lipinski definition) is 5. The molecule has 148 valence electrons. The maximum Gasteiger partial charge on any atom is 0.258 e. The molecule has 0 saturated heterocycles. The van der Waals surface area contributed by atoms with E-state index in [-0.39, 0.29) is 0 Å².